The van der Waals surface area contributed by atoms with Crippen LogP contribution < -0.4 is 38.7 Å². The number of amides is 2. The van der Waals surface area contributed by atoms with Crippen LogP contribution >= 0.6 is 0 Å². The minimum absolute atomic E-state index is 0.0640. The molecule has 6 saturated heterocycles. The monoisotopic (exact) mass is 2020 g/mol. The van der Waals surface area contributed by atoms with Gasteiger partial charge in [0.25, 0.3) is 0 Å². The van der Waals surface area contributed by atoms with Crippen LogP contribution in [0.25, 0.3) is 0 Å². The van der Waals surface area contributed by atoms with Crippen molar-refractivity contribution in [3.63, 3.8) is 0 Å². The lowest BCUT2D eigenvalue weighted by Crippen LogP contribution is -2.58. The molecule has 11 aromatic heterocycles. The lowest BCUT2D eigenvalue weighted by molar-refractivity contribution is -0.169. The van der Waals surface area contributed by atoms with E-state index in [0.29, 0.717) is 140 Å². The highest BCUT2D eigenvalue weighted by molar-refractivity contribution is 7.88. The Kier molecular flexibility index (Phi) is 30.0. The number of aryl methyl sites for hydroxylation is 1. The van der Waals surface area contributed by atoms with Crippen LogP contribution in [-0.2, 0) is 73.1 Å². The van der Waals surface area contributed by atoms with Gasteiger partial charge in [0.15, 0.2) is 6.61 Å². The van der Waals surface area contributed by atoms with E-state index in [2.05, 4.69) is 127 Å². The largest absolute Gasteiger partial charge is 0.475 e. The molecule has 0 atom stereocenters. The normalized spacial score (nSPS) is 18.3. The number of hydrogen-bond donors (Lipinski definition) is 0. The topological polar surface area (TPSA) is 358 Å². The Bertz CT molecular complexity index is 6950. The van der Waals surface area contributed by atoms with Crippen LogP contribution in [0.1, 0.15) is 186 Å². The van der Waals surface area contributed by atoms with Gasteiger partial charge in [0, 0.05) is 305 Å². The number of aliphatic imine (C=N–C) groups is 5. The summed E-state index contributed by atoms with van der Waals surface area (Å²) in [7, 11) is -1.33. The van der Waals surface area contributed by atoms with Gasteiger partial charge < -0.3 is 62.7 Å². The molecule has 39 heteroatoms. The second kappa shape index (κ2) is 43.9. The number of halogens is 3. The molecular weight excluding hydrogens is 1900 g/mol. The van der Waals surface area contributed by atoms with Crippen LogP contribution in [0.4, 0.5) is 42.3 Å². The lowest BCUT2D eigenvalue weighted by atomic mass is 9.86. The number of aromatic nitrogens is 12. The third-order valence-corrected chi connectivity index (χ3v) is 29.4. The van der Waals surface area contributed by atoms with E-state index < -0.39 is 22.8 Å². The van der Waals surface area contributed by atoms with Crippen molar-refractivity contribution >= 4 is 79.5 Å². The van der Waals surface area contributed by atoms with Crippen LogP contribution in [0.3, 0.4) is 0 Å². The second-order valence-electron chi connectivity index (χ2n) is 39.7. The number of morpholine rings is 1. The molecule has 0 aromatic carbocycles. The van der Waals surface area contributed by atoms with Crippen LogP contribution in [-0.4, -0.2) is 298 Å². The third-order valence-electron chi connectivity index (χ3n) is 28.1. The summed E-state index contributed by atoms with van der Waals surface area (Å²) < 4.78 is 96.3. The standard InChI is InChI=1S/C25H29N7O2.C24H29N5O3.C21H24N4O.C20H23N5O2S.C18H17F3N4O2/c1-17(2)34-23-13-21-20(14-27-23)15-28-25(21)19-4-6-26-22(12-19)30-8-10-31(11-9-30)24(33)16-32-7-5-18(3)29-32;1-16(2)32-21-11-19-18(12-26-21)13-27-22(19)17-4-5-25-20(10-17)28-6-8-29(9-7-28)23(30)24(3)14-31-15-24;1-26-17-5-8-25(9-6-17)20-10-15(4-7-22-20)21-18-11-19(14-2-3-14)23-12-16(18)13-24-21;1-28(26,27)25-8-6-24(7-9-25)19-10-15(4-5-21-19)20-17-11-18(14-2-3-14)22-12-16(17)13-23-20;19-18(20,21)11-27-16-8-14-13(9-23-16)10-24-17(14)12-1-2-22-15(7-12)25-3-5-26-6-4-25/h4-7,12-14,17H,8-11,15-16H2,1-3H3;4-5,10-12,16H,6-9,13-15H2,1-3H3;4,7,10-12,14,17H,2-3,5-6,8-9,13H2,1H3;4-5,10-12,14H,2-3,6-9,13H2,1H3;1-2,7-9H,3-6,10-11H2. The average molecular weight is 2020 g/mol. The van der Waals surface area contributed by atoms with Gasteiger partial charge in [0.2, 0.25) is 39.5 Å². The molecule has 147 heavy (non-hydrogen) atoms. The van der Waals surface area contributed by atoms with Gasteiger partial charge in [-0.1, -0.05) is 0 Å². The molecule has 2 saturated carbocycles. The summed E-state index contributed by atoms with van der Waals surface area (Å²) in [5.41, 5.74) is 23.6. The van der Waals surface area contributed by atoms with Crippen molar-refractivity contribution in [1.29, 1.82) is 0 Å². The van der Waals surface area contributed by atoms with Crippen LogP contribution in [0.5, 0.6) is 17.6 Å². The molecule has 22 heterocycles. The quantitative estimate of drug-likeness (QED) is 0.0574. The first kappa shape index (κ1) is 100. The molecule has 0 N–H and O–H groups in total. The van der Waals surface area contributed by atoms with Gasteiger partial charge in [-0.25, -0.2) is 48.3 Å². The van der Waals surface area contributed by atoms with Crippen LogP contribution in [0, 0.1) is 12.3 Å². The Morgan fingerprint density at radius 2 is 0.789 bits per heavy atom. The fourth-order valence-electron chi connectivity index (χ4n) is 19.7. The maximum absolute atomic E-state index is 12.8. The number of fused-ring (bicyclic) bond motifs is 5. The van der Waals surface area contributed by atoms with E-state index >= 15 is 0 Å². The summed E-state index contributed by atoms with van der Waals surface area (Å²) in [4.78, 5) is 109. The number of anilines is 5. The molecule has 35 nitrogen and oxygen atoms in total. The number of piperidine rings is 1. The highest BCUT2D eigenvalue weighted by Crippen LogP contribution is 2.43. The predicted molar refractivity (Wildman–Crippen MR) is 553 cm³/mol. The van der Waals surface area contributed by atoms with Gasteiger partial charge >= 0.3 is 6.18 Å². The Morgan fingerprint density at radius 1 is 0.435 bits per heavy atom. The number of carbonyl (C=O) groups is 2. The molecule has 0 spiro atoms. The lowest BCUT2D eigenvalue weighted by Gasteiger charge is -2.43. The molecule has 8 fully saturated rings. The summed E-state index contributed by atoms with van der Waals surface area (Å²) in [6.45, 7) is 27.7. The zero-order valence-corrected chi connectivity index (χ0v) is 84.9. The van der Waals surface area contributed by atoms with E-state index in [1.165, 1.54) is 82.1 Å². The number of sulfonamides is 1. The van der Waals surface area contributed by atoms with E-state index in [9.17, 15) is 31.2 Å². The van der Waals surface area contributed by atoms with E-state index in [1.807, 2.05) is 156 Å². The maximum Gasteiger partial charge on any atom is 0.422 e. The molecule has 11 aromatic rings. The molecule has 24 rings (SSSR count). The van der Waals surface area contributed by atoms with Crippen molar-refractivity contribution in [2.24, 2.45) is 30.4 Å². The Hall–Kier alpha value is -14.0. The van der Waals surface area contributed by atoms with E-state index in [1.54, 1.807) is 18.0 Å². The van der Waals surface area contributed by atoms with Crippen molar-refractivity contribution < 1.29 is 59.6 Å². The number of rotatable bonds is 23. The number of pyridine rings is 10. The van der Waals surface area contributed by atoms with Gasteiger partial charge in [-0.3, -0.25) is 49.2 Å². The maximum atomic E-state index is 12.8. The van der Waals surface area contributed by atoms with Gasteiger partial charge in [0.1, 0.15) is 35.6 Å². The molecule has 13 aliphatic rings. The van der Waals surface area contributed by atoms with Crippen molar-refractivity contribution in [1.82, 2.24) is 73.7 Å². The molecule has 2 amide bonds. The predicted octanol–water partition coefficient (Wildman–Crippen LogP) is 12.5. The summed E-state index contributed by atoms with van der Waals surface area (Å²) in [6.07, 6.45) is 24.7. The number of methoxy groups -OCH3 is 1. The molecule has 0 bridgehead atoms. The van der Waals surface area contributed by atoms with Crippen LogP contribution in [0.15, 0.2) is 190 Å². The number of alkyl halides is 3. The molecule has 2 aliphatic carbocycles. The first-order valence-corrected chi connectivity index (χ1v) is 52.5. The highest BCUT2D eigenvalue weighted by atomic mass is 32.2. The van der Waals surface area contributed by atoms with E-state index in [4.69, 9.17) is 48.4 Å². The summed E-state index contributed by atoms with van der Waals surface area (Å²) in [5.74, 6) is 7.30. The van der Waals surface area contributed by atoms with Crippen molar-refractivity contribution in [3.8, 4) is 17.6 Å². The van der Waals surface area contributed by atoms with Crippen molar-refractivity contribution in [2.45, 2.75) is 156 Å². The van der Waals surface area contributed by atoms with Gasteiger partial charge in [-0.15, -0.1) is 0 Å². The van der Waals surface area contributed by atoms with E-state index in [0.717, 1.165) is 191 Å². The van der Waals surface area contributed by atoms with Gasteiger partial charge in [0.05, 0.1) is 123 Å². The Balaban J connectivity index is 0.000000112. The second-order valence-corrected chi connectivity index (χ2v) is 41.7. The fourth-order valence-corrected chi connectivity index (χ4v) is 20.6. The van der Waals surface area contributed by atoms with Gasteiger partial charge in [-0.05, 0) is 159 Å². The summed E-state index contributed by atoms with van der Waals surface area (Å²) in [6, 6.07) is 32.2. The highest BCUT2D eigenvalue weighted by Gasteiger charge is 2.45. The number of carbonyl (C=O) groups excluding carboxylic acids is 2. The first-order chi connectivity index (χ1) is 71.2. The minimum Gasteiger partial charge on any atom is -0.475 e. The van der Waals surface area contributed by atoms with Gasteiger partial charge in [-0.2, -0.15) is 22.6 Å². The fraction of sp³-hybridized carbons (Fsp3) is 0.444. The van der Waals surface area contributed by atoms with Crippen molar-refractivity contribution in [2.75, 3.05) is 176 Å². The SMILES string of the molecule is CC(C)Oc1cc2c(cn1)CN=C2c1ccnc(N2CCN(C(=O)C3(C)COC3)CC2)c1.COC1CCN(c2cc(C3=NCc4cnc(C5CC5)cc43)ccn2)CC1.CS(=O)(=O)N1CCN(c2cc(C3=NCc4cnc(C5CC5)cc43)ccn2)CC1.Cc1ccn(CC(=O)N2CCN(c3cc(C4=NCc5cnc(OC(C)C)cc54)ccn3)CC2)n1.FC(F)(F)COc1cc2c(cn1)CN=C2c1ccnc(N2CCOCC2)c1. The molecule has 0 radical (unpaired) electrons. The van der Waals surface area contributed by atoms with Crippen LogP contribution in [0.2, 0.25) is 0 Å². The molecule has 766 valence electrons. The smallest absolute Gasteiger partial charge is 0.422 e. The Morgan fingerprint density at radius 3 is 1.14 bits per heavy atom. The number of nitrogens with zero attached hydrogens (tertiary/aromatic N) is 25. The number of piperazine rings is 3. The summed E-state index contributed by atoms with van der Waals surface area (Å²) in [5, 5.41) is 4.32. The molecular formula is C108H122F3N25O10S. The third kappa shape index (κ3) is 24.0. The first-order valence-electron chi connectivity index (χ1n) is 50.7. The summed E-state index contributed by atoms with van der Waals surface area (Å²) >= 11 is 0. The van der Waals surface area contributed by atoms with E-state index in [-0.39, 0.29) is 41.9 Å². The average Bonchev–Trinajstić information content (AvgIpc) is 1.70. The number of hydrogen-bond acceptors (Lipinski definition) is 31. The zero-order valence-electron chi connectivity index (χ0n) is 84.1. The number of ether oxygens (including phenoxy) is 6. The zero-order chi connectivity index (χ0) is 102. The molecule has 0 unspecified atom stereocenters. The Labute approximate surface area is 853 Å². The van der Waals surface area contributed by atoms with Crippen molar-refractivity contribution in [3.05, 3.63) is 266 Å². The molecule has 11 aliphatic heterocycles. The minimum atomic E-state index is -4.41.